The van der Waals surface area contributed by atoms with Gasteiger partial charge in [-0.15, -0.1) is 11.3 Å². The number of para-hydroxylation sites is 1. The van der Waals surface area contributed by atoms with Gasteiger partial charge in [-0.2, -0.15) is 4.98 Å². The van der Waals surface area contributed by atoms with Gasteiger partial charge in [0.15, 0.2) is 5.82 Å². The zero-order valence-corrected chi connectivity index (χ0v) is 25.9. The van der Waals surface area contributed by atoms with Crippen LogP contribution in [0.15, 0.2) is 53.9 Å². The summed E-state index contributed by atoms with van der Waals surface area (Å²) in [6.45, 7) is 12.2. The summed E-state index contributed by atoms with van der Waals surface area (Å²) >= 11 is 1.58. The average Bonchev–Trinajstić information content (AvgIpc) is 3.42. The molecular formula is C30H39N6O2PS. The highest BCUT2D eigenvalue weighted by molar-refractivity contribution is 7.73. The standard InChI is InChI=1S/C30H39N6O2PS/c1-20(2)39(37,21(3)4)27-10-8-7-9-24(27)31-29-28-25(13-18-40-28)33-30(34-29)32-23-12-11-22(19-26(23)38-6)36-16-14-35(5)15-17-36/h7-13,18-21H,14-17H2,1-6H3,(H2,31,32,33,34). The van der Waals surface area contributed by atoms with Crippen LogP contribution < -0.4 is 25.6 Å². The first-order chi connectivity index (χ1) is 19.2. The van der Waals surface area contributed by atoms with E-state index in [0.29, 0.717) is 11.8 Å². The number of aromatic nitrogens is 2. The second-order valence-electron chi connectivity index (χ2n) is 10.9. The zero-order valence-electron chi connectivity index (χ0n) is 24.1. The van der Waals surface area contributed by atoms with Gasteiger partial charge in [0.25, 0.3) is 0 Å². The van der Waals surface area contributed by atoms with Crippen LogP contribution in [0.2, 0.25) is 0 Å². The van der Waals surface area contributed by atoms with Crippen LogP contribution in [-0.4, -0.2) is 66.5 Å². The topological polar surface area (TPSA) is 82.6 Å². The molecule has 5 rings (SSSR count). The summed E-state index contributed by atoms with van der Waals surface area (Å²) in [6, 6.07) is 16.1. The molecule has 0 saturated carbocycles. The predicted octanol–water partition coefficient (Wildman–Crippen LogP) is 6.74. The molecule has 0 spiro atoms. The van der Waals surface area contributed by atoms with E-state index in [0.717, 1.165) is 64.5 Å². The van der Waals surface area contributed by atoms with E-state index in [2.05, 4.69) is 39.6 Å². The van der Waals surface area contributed by atoms with Gasteiger partial charge < -0.3 is 29.7 Å². The smallest absolute Gasteiger partial charge is 0.229 e. The second-order valence-corrected chi connectivity index (χ2v) is 15.8. The van der Waals surface area contributed by atoms with Gasteiger partial charge in [-0.1, -0.05) is 39.8 Å². The molecule has 10 heteroatoms. The monoisotopic (exact) mass is 578 g/mol. The normalized spacial score (nSPS) is 14.8. The van der Waals surface area contributed by atoms with Crippen LogP contribution in [-0.2, 0) is 4.57 Å². The maximum absolute atomic E-state index is 14.3. The molecule has 0 radical (unpaired) electrons. The van der Waals surface area contributed by atoms with Crippen LogP contribution in [0.25, 0.3) is 10.2 Å². The minimum Gasteiger partial charge on any atom is -0.494 e. The van der Waals surface area contributed by atoms with Crippen molar-refractivity contribution in [1.82, 2.24) is 14.9 Å². The largest absolute Gasteiger partial charge is 0.494 e. The maximum Gasteiger partial charge on any atom is 0.229 e. The Balaban J connectivity index is 1.48. The van der Waals surface area contributed by atoms with Gasteiger partial charge in [0, 0.05) is 54.6 Å². The van der Waals surface area contributed by atoms with Gasteiger partial charge in [-0.05, 0) is 42.8 Å². The van der Waals surface area contributed by atoms with E-state index in [9.17, 15) is 4.57 Å². The lowest BCUT2D eigenvalue weighted by molar-refractivity contribution is 0.312. The van der Waals surface area contributed by atoms with Crippen molar-refractivity contribution in [3.63, 3.8) is 0 Å². The van der Waals surface area contributed by atoms with Crippen molar-refractivity contribution < 1.29 is 9.30 Å². The van der Waals surface area contributed by atoms with Crippen LogP contribution >= 0.6 is 18.5 Å². The molecule has 3 heterocycles. The summed E-state index contributed by atoms with van der Waals surface area (Å²) in [7, 11) is 1.17. The van der Waals surface area contributed by atoms with E-state index in [1.165, 1.54) is 0 Å². The third kappa shape index (κ3) is 5.55. The lowest BCUT2D eigenvalue weighted by Crippen LogP contribution is -2.44. The van der Waals surface area contributed by atoms with E-state index in [4.69, 9.17) is 14.7 Å². The van der Waals surface area contributed by atoms with Crippen LogP contribution in [0.5, 0.6) is 5.75 Å². The third-order valence-electron chi connectivity index (χ3n) is 7.67. The van der Waals surface area contributed by atoms with E-state index in [1.54, 1.807) is 18.4 Å². The Bertz CT molecular complexity index is 1520. The molecule has 0 aliphatic carbocycles. The SMILES string of the molecule is COc1cc(N2CCN(C)CC2)ccc1Nc1nc(Nc2ccccc2P(=O)(C(C)C)C(C)C)c2sccc2n1. The first-order valence-electron chi connectivity index (χ1n) is 13.8. The Morgan fingerprint density at radius 1 is 0.925 bits per heavy atom. The molecule has 0 bridgehead atoms. The van der Waals surface area contributed by atoms with Crippen molar-refractivity contribution >= 4 is 62.8 Å². The quantitative estimate of drug-likeness (QED) is 0.211. The molecule has 2 aromatic heterocycles. The van der Waals surface area contributed by atoms with Crippen LogP contribution in [0.1, 0.15) is 27.7 Å². The number of anilines is 5. The van der Waals surface area contributed by atoms with Crippen LogP contribution in [0.4, 0.5) is 28.8 Å². The Hall–Kier alpha value is -3.13. The van der Waals surface area contributed by atoms with Gasteiger partial charge >= 0.3 is 0 Å². The molecule has 1 aliphatic rings. The zero-order chi connectivity index (χ0) is 28.4. The minimum absolute atomic E-state index is 0.0288. The average molecular weight is 579 g/mol. The lowest BCUT2D eigenvalue weighted by atomic mass is 10.2. The number of fused-ring (bicyclic) bond motifs is 1. The van der Waals surface area contributed by atoms with Crippen molar-refractivity contribution in [2.75, 3.05) is 55.9 Å². The molecule has 212 valence electrons. The summed E-state index contributed by atoms with van der Waals surface area (Å²) in [4.78, 5) is 14.4. The number of likely N-dealkylation sites (N-methyl/N-ethyl adjacent to an activating group) is 1. The molecule has 0 amide bonds. The number of thiophene rings is 1. The molecule has 1 fully saturated rings. The molecule has 2 aromatic carbocycles. The number of benzene rings is 2. The fourth-order valence-electron chi connectivity index (χ4n) is 5.33. The van der Waals surface area contributed by atoms with E-state index < -0.39 is 7.14 Å². The molecule has 4 aromatic rings. The lowest BCUT2D eigenvalue weighted by Gasteiger charge is -2.34. The number of nitrogens with zero attached hydrogens (tertiary/aromatic N) is 4. The first-order valence-corrected chi connectivity index (χ1v) is 16.5. The highest BCUT2D eigenvalue weighted by Crippen LogP contribution is 2.55. The summed E-state index contributed by atoms with van der Waals surface area (Å²) in [5.41, 5.74) is 3.66. The minimum atomic E-state index is -2.67. The van der Waals surface area contributed by atoms with Gasteiger partial charge in [-0.3, -0.25) is 0 Å². The Labute approximate surface area is 241 Å². The van der Waals surface area contributed by atoms with E-state index in [1.807, 2.05) is 69.5 Å². The molecule has 8 nitrogen and oxygen atoms in total. The first kappa shape index (κ1) is 28.4. The summed E-state index contributed by atoms with van der Waals surface area (Å²) < 4.78 is 21.0. The van der Waals surface area contributed by atoms with Gasteiger partial charge in [-0.25, -0.2) is 4.98 Å². The molecule has 1 saturated heterocycles. The molecule has 0 unspecified atom stereocenters. The molecular weight excluding hydrogens is 539 g/mol. The Kier molecular flexibility index (Phi) is 8.36. The fourth-order valence-corrected chi connectivity index (χ4v) is 9.24. The number of nitrogens with one attached hydrogen (secondary N) is 2. The fraction of sp³-hybridized carbons (Fsp3) is 0.400. The number of methoxy groups -OCH3 is 1. The molecule has 2 N–H and O–H groups in total. The predicted molar refractivity (Wildman–Crippen MR) is 171 cm³/mol. The van der Waals surface area contributed by atoms with E-state index >= 15 is 0 Å². The van der Waals surface area contributed by atoms with Crippen molar-refractivity contribution in [2.24, 2.45) is 0 Å². The number of piperazine rings is 1. The van der Waals surface area contributed by atoms with E-state index in [-0.39, 0.29) is 11.3 Å². The van der Waals surface area contributed by atoms with Crippen molar-refractivity contribution in [3.8, 4) is 5.75 Å². The Morgan fingerprint density at radius 2 is 1.65 bits per heavy atom. The number of hydrogen-bond acceptors (Lipinski definition) is 9. The Morgan fingerprint density at radius 3 is 2.35 bits per heavy atom. The number of ether oxygens (including phenoxy) is 1. The summed E-state index contributed by atoms with van der Waals surface area (Å²) in [5, 5.41) is 9.79. The van der Waals surface area contributed by atoms with Crippen molar-refractivity contribution in [2.45, 2.75) is 39.0 Å². The number of hydrogen-bond donors (Lipinski definition) is 2. The van der Waals surface area contributed by atoms with Gasteiger partial charge in [0.05, 0.1) is 28.7 Å². The van der Waals surface area contributed by atoms with Crippen LogP contribution in [0.3, 0.4) is 0 Å². The van der Waals surface area contributed by atoms with Crippen molar-refractivity contribution in [1.29, 1.82) is 0 Å². The number of rotatable bonds is 9. The summed E-state index contributed by atoms with van der Waals surface area (Å²) in [6.07, 6.45) is 0. The van der Waals surface area contributed by atoms with Gasteiger partial charge in [0.2, 0.25) is 5.95 Å². The molecule has 0 atom stereocenters. The second kappa shape index (κ2) is 11.8. The van der Waals surface area contributed by atoms with Gasteiger partial charge in [0.1, 0.15) is 12.9 Å². The highest BCUT2D eigenvalue weighted by atomic mass is 32.1. The van der Waals surface area contributed by atoms with Crippen LogP contribution in [0, 0.1) is 0 Å². The third-order valence-corrected chi connectivity index (χ3v) is 12.8. The molecule has 1 aliphatic heterocycles. The summed E-state index contributed by atoms with van der Waals surface area (Å²) in [5.74, 6) is 1.88. The molecule has 40 heavy (non-hydrogen) atoms. The van der Waals surface area contributed by atoms with Crippen molar-refractivity contribution in [3.05, 3.63) is 53.9 Å². The maximum atomic E-state index is 14.3. The highest BCUT2D eigenvalue weighted by Gasteiger charge is 2.34.